The van der Waals surface area contributed by atoms with Crippen molar-refractivity contribution < 1.29 is 24.5 Å². The number of ether oxygens (including phenoxy) is 1. The molecular formula is C21H22O5. The molecule has 0 aliphatic heterocycles. The standard InChI is InChI=1S/C21H22O5/c1-3-18(23)17(12-14-4-8-16(22)9-5-14)19(24)10-6-15-7-11-20(25)21(13-15)26-2/h4-5,7-9,11-13,22,25H,3,6,10H2,1-2H3. The molecule has 0 saturated heterocycles. The Bertz CT molecular complexity index is 819. The number of rotatable bonds is 8. The summed E-state index contributed by atoms with van der Waals surface area (Å²) in [6.07, 6.45) is 2.40. The number of aryl methyl sites for hydroxylation is 1. The zero-order chi connectivity index (χ0) is 19.1. The predicted molar refractivity (Wildman–Crippen MR) is 99.4 cm³/mol. The normalized spacial score (nSPS) is 11.2. The molecule has 0 fully saturated rings. The second-order valence-electron chi connectivity index (χ2n) is 5.86. The number of carbonyl (C=O) groups is 2. The third kappa shape index (κ3) is 4.96. The van der Waals surface area contributed by atoms with E-state index in [9.17, 15) is 19.8 Å². The Morgan fingerprint density at radius 3 is 2.35 bits per heavy atom. The summed E-state index contributed by atoms with van der Waals surface area (Å²) in [5.74, 6) is 0.0533. The Morgan fingerprint density at radius 2 is 1.73 bits per heavy atom. The molecule has 0 radical (unpaired) electrons. The highest BCUT2D eigenvalue weighted by atomic mass is 16.5. The van der Waals surface area contributed by atoms with Gasteiger partial charge in [-0.1, -0.05) is 25.1 Å². The zero-order valence-corrected chi connectivity index (χ0v) is 14.9. The van der Waals surface area contributed by atoms with Gasteiger partial charge in [-0.15, -0.1) is 0 Å². The number of hydrogen-bond acceptors (Lipinski definition) is 5. The molecule has 0 bridgehead atoms. The van der Waals surface area contributed by atoms with Crippen LogP contribution in [0.3, 0.4) is 0 Å². The maximum atomic E-state index is 12.6. The van der Waals surface area contributed by atoms with Crippen LogP contribution in [0.2, 0.25) is 0 Å². The number of Topliss-reactive ketones (excluding diaryl/α,β-unsaturated/α-hetero) is 2. The quantitative estimate of drug-likeness (QED) is 0.429. The molecule has 2 aromatic carbocycles. The Labute approximate surface area is 152 Å². The number of hydrogen-bond donors (Lipinski definition) is 2. The number of phenolic OH excluding ortho intramolecular Hbond substituents is 2. The second-order valence-corrected chi connectivity index (χ2v) is 5.86. The van der Waals surface area contributed by atoms with Gasteiger partial charge >= 0.3 is 0 Å². The molecule has 5 heteroatoms. The van der Waals surface area contributed by atoms with E-state index in [1.807, 2.05) is 0 Å². The largest absolute Gasteiger partial charge is 0.508 e. The fourth-order valence-electron chi connectivity index (χ4n) is 2.51. The minimum absolute atomic E-state index is 0.0386. The molecule has 5 nitrogen and oxygen atoms in total. The summed E-state index contributed by atoms with van der Waals surface area (Å²) in [6.45, 7) is 1.71. The van der Waals surface area contributed by atoms with E-state index in [-0.39, 0.29) is 41.5 Å². The van der Waals surface area contributed by atoms with Crippen LogP contribution in [0, 0.1) is 0 Å². The van der Waals surface area contributed by atoms with Crippen molar-refractivity contribution in [2.75, 3.05) is 7.11 Å². The van der Waals surface area contributed by atoms with Crippen LogP contribution in [0.15, 0.2) is 48.0 Å². The van der Waals surface area contributed by atoms with E-state index in [4.69, 9.17) is 4.74 Å². The Hall–Kier alpha value is -3.08. The molecule has 0 saturated carbocycles. The van der Waals surface area contributed by atoms with Crippen LogP contribution in [-0.2, 0) is 16.0 Å². The minimum Gasteiger partial charge on any atom is -0.508 e. The fourth-order valence-corrected chi connectivity index (χ4v) is 2.51. The summed E-state index contributed by atoms with van der Waals surface area (Å²) >= 11 is 0. The molecule has 0 atom stereocenters. The van der Waals surface area contributed by atoms with Crippen LogP contribution in [-0.4, -0.2) is 28.9 Å². The van der Waals surface area contributed by atoms with Crippen molar-refractivity contribution in [1.82, 2.24) is 0 Å². The molecule has 0 unspecified atom stereocenters. The van der Waals surface area contributed by atoms with Gasteiger partial charge in [0, 0.05) is 12.8 Å². The SMILES string of the molecule is CCC(=O)C(=Cc1ccc(O)cc1)C(=O)CCc1ccc(O)c(OC)c1. The molecular weight excluding hydrogens is 332 g/mol. The lowest BCUT2D eigenvalue weighted by atomic mass is 9.96. The van der Waals surface area contributed by atoms with E-state index in [1.54, 1.807) is 37.3 Å². The van der Waals surface area contributed by atoms with Crippen LogP contribution in [0.25, 0.3) is 6.08 Å². The zero-order valence-electron chi connectivity index (χ0n) is 14.9. The predicted octanol–water partition coefficient (Wildman–Crippen LogP) is 3.67. The summed E-state index contributed by atoms with van der Waals surface area (Å²) in [4.78, 5) is 24.8. The lowest BCUT2D eigenvalue weighted by Gasteiger charge is -2.08. The molecule has 0 aromatic heterocycles. The highest BCUT2D eigenvalue weighted by Crippen LogP contribution is 2.27. The van der Waals surface area contributed by atoms with Crippen molar-refractivity contribution in [2.45, 2.75) is 26.2 Å². The minimum atomic E-state index is -0.239. The van der Waals surface area contributed by atoms with Crippen molar-refractivity contribution in [3.63, 3.8) is 0 Å². The molecule has 26 heavy (non-hydrogen) atoms. The first kappa shape index (κ1) is 19.2. The van der Waals surface area contributed by atoms with E-state index >= 15 is 0 Å². The summed E-state index contributed by atoms with van der Waals surface area (Å²) in [6, 6.07) is 11.2. The summed E-state index contributed by atoms with van der Waals surface area (Å²) in [5.41, 5.74) is 1.67. The van der Waals surface area contributed by atoms with Crippen molar-refractivity contribution in [3.05, 3.63) is 59.2 Å². The van der Waals surface area contributed by atoms with Crippen LogP contribution < -0.4 is 4.74 Å². The van der Waals surface area contributed by atoms with Gasteiger partial charge in [-0.05, 0) is 47.9 Å². The summed E-state index contributed by atoms with van der Waals surface area (Å²) < 4.78 is 5.06. The summed E-state index contributed by atoms with van der Waals surface area (Å²) in [5, 5.41) is 19.0. The second kappa shape index (κ2) is 8.85. The number of ketones is 2. The van der Waals surface area contributed by atoms with Crippen molar-refractivity contribution >= 4 is 17.6 Å². The smallest absolute Gasteiger partial charge is 0.166 e. The number of methoxy groups -OCH3 is 1. The van der Waals surface area contributed by atoms with Crippen molar-refractivity contribution in [1.29, 1.82) is 0 Å². The van der Waals surface area contributed by atoms with E-state index < -0.39 is 0 Å². The number of aromatic hydroxyl groups is 2. The fraction of sp³-hybridized carbons (Fsp3) is 0.238. The molecule has 2 aromatic rings. The Kier molecular flexibility index (Phi) is 6.55. The van der Waals surface area contributed by atoms with Crippen LogP contribution in [0.1, 0.15) is 30.9 Å². The molecule has 0 aliphatic carbocycles. The average Bonchev–Trinajstić information content (AvgIpc) is 2.66. The third-order valence-corrected chi connectivity index (χ3v) is 4.01. The topological polar surface area (TPSA) is 83.8 Å². The maximum Gasteiger partial charge on any atom is 0.166 e. The molecule has 2 rings (SSSR count). The van der Waals surface area contributed by atoms with Gasteiger partial charge < -0.3 is 14.9 Å². The molecule has 0 heterocycles. The molecule has 0 aliphatic rings. The van der Waals surface area contributed by atoms with E-state index in [2.05, 4.69) is 0 Å². The number of carbonyl (C=O) groups excluding carboxylic acids is 2. The van der Waals surface area contributed by atoms with E-state index in [0.717, 1.165) is 5.56 Å². The average molecular weight is 354 g/mol. The van der Waals surface area contributed by atoms with E-state index in [1.165, 1.54) is 25.3 Å². The van der Waals surface area contributed by atoms with Crippen LogP contribution in [0.5, 0.6) is 17.2 Å². The van der Waals surface area contributed by atoms with Gasteiger partial charge in [0.05, 0.1) is 12.7 Å². The van der Waals surface area contributed by atoms with Gasteiger partial charge in [-0.2, -0.15) is 0 Å². The lowest BCUT2D eigenvalue weighted by molar-refractivity contribution is -0.121. The van der Waals surface area contributed by atoms with Gasteiger partial charge in [0.1, 0.15) is 5.75 Å². The Balaban J connectivity index is 2.17. The first-order chi connectivity index (χ1) is 12.4. The first-order valence-electron chi connectivity index (χ1n) is 8.37. The van der Waals surface area contributed by atoms with Gasteiger partial charge in [0.2, 0.25) is 0 Å². The molecule has 0 spiro atoms. The summed E-state index contributed by atoms with van der Waals surface area (Å²) in [7, 11) is 1.46. The highest BCUT2D eigenvalue weighted by Gasteiger charge is 2.17. The van der Waals surface area contributed by atoms with Crippen LogP contribution in [0.4, 0.5) is 0 Å². The third-order valence-electron chi connectivity index (χ3n) is 4.01. The monoisotopic (exact) mass is 354 g/mol. The van der Waals surface area contributed by atoms with Crippen LogP contribution >= 0.6 is 0 Å². The maximum absolute atomic E-state index is 12.6. The lowest BCUT2D eigenvalue weighted by Crippen LogP contribution is -2.13. The van der Waals surface area contributed by atoms with Crippen molar-refractivity contribution in [3.8, 4) is 17.2 Å². The number of phenols is 2. The van der Waals surface area contributed by atoms with Gasteiger partial charge in [-0.3, -0.25) is 9.59 Å². The van der Waals surface area contributed by atoms with E-state index in [0.29, 0.717) is 17.7 Å². The Morgan fingerprint density at radius 1 is 1.04 bits per heavy atom. The molecule has 136 valence electrons. The molecule has 2 N–H and O–H groups in total. The number of benzene rings is 2. The highest BCUT2D eigenvalue weighted by molar-refractivity contribution is 6.23. The van der Waals surface area contributed by atoms with Gasteiger partial charge in [0.25, 0.3) is 0 Å². The number of allylic oxidation sites excluding steroid dienone is 1. The van der Waals surface area contributed by atoms with Crippen molar-refractivity contribution in [2.24, 2.45) is 0 Å². The van der Waals surface area contributed by atoms with Gasteiger partial charge in [-0.25, -0.2) is 0 Å². The first-order valence-corrected chi connectivity index (χ1v) is 8.37. The molecule has 0 amide bonds. The van der Waals surface area contributed by atoms with Gasteiger partial charge in [0.15, 0.2) is 23.1 Å².